The molecule has 2 atom stereocenters. The molecule has 0 aromatic heterocycles. The molecule has 0 aliphatic carbocycles. The Balaban J connectivity index is 2.75. The number of rotatable bonds is 7. The highest BCUT2D eigenvalue weighted by atomic mass is 19.1. The van der Waals surface area contributed by atoms with Crippen LogP contribution >= 0.6 is 0 Å². The van der Waals surface area contributed by atoms with Crippen molar-refractivity contribution in [2.24, 2.45) is 5.92 Å². The van der Waals surface area contributed by atoms with Crippen LogP contribution < -0.4 is 10.1 Å². The van der Waals surface area contributed by atoms with E-state index in [9.17, 15) is 9.50 Å². The summed E-state index contributed by atoms with van der Waals surface area (Å²) >= 11 is 0. The lowest BCUT2D eigenvalue weighted by Gasteiger charge is -2.28. The first-order valence-corrected chi connectivity index (χ1v) is 7.05. The van der Waals surface area contributed by atoms with Gasteiger partial charge in [-0.1, -0.05) is 19.9 Å². The Bertz CT molecular complexity index is 432. The summed E-state index contributed by atoms with van der Waals surface area (Å²) in [5.41, 5.74) is -0.309. The maximum atomic E-state index is 13.9. The Morgan fingerprint density at radius 1 is 1.35 bits per heavy atom. The second-order valence-corrected chi connectivity index (χ2v) is 6.05. The van der Waals surface area contributed by atoms with Crippen molar-refractivity contribution in [3.05, 3.63) is 29.6 Å². The molecule has 2 unspecified atom stereocenters. The number of benzene rings is 1. The zero-order chi connectivity index (χ0) is 15.3. The molecule has 3 nitrogen and oxygen atoms in total. The summed E-state index contributed by atoms with van der Waals surface area (Å²) in [5, 5.41) is 13.5. The van der Waals surface area contributed by atoms with Gasteiger partial charge in [-0.3, -0.25) is 0 Å². The Morgan fingerprint density at radius 2 is 2.00 bits per heavy atom. The minimum atomic E-state index is -0.805. The lowest BCUT2D eigenvalue weighted by atomic mass is 9.93. The topological polar surface area (TPSA) is 41.5 Å². The second kappa shape index (κ2) is 7.04. The van der Waals surface area contributed by atoms with Crippen molar-refractivity contribution >= 4 is 0 Å². The van der Waals surface area contributed by atoms with E-state index in [1.807, 2.05) is 6.92 Å². The van der Waals surface area contributed by atoms with E-state index in [0.29, 0.717) is 30.2 Å². The molecule has 0 saturated carbocycles. The molecule has 0 radical (unpaired) electrons. The number of hydrogen-bond donors (Lipinski definition) is 2. The summed E-state index contributed by atoms with van der Waals surface area (Å²) in [5.74, 6) is 0.631. The van der Waals surface area contributed by atoms with Gasteiger partial charge in [0.05, 0.1) is 12.7 Å². The van der Waals surface area contributed by atoms with Gasteiger partial charge in [-0.25, -0.2) is 4.39 Å². The smallest absolute Gasteiger partial charge is 0.131 e. The van der Waals surface area contributed by atoms with E-state index in [4.69, 9.17) is 4.74 Å². The van der Waals surface area contributed by atoms with Gasteiger partial charge in [-0.05, 0) is 38.3 Å². The molecule has 2 N–H and O–H groups in total. The van der Waals surface area contributed by atoms with E-state index in [-0.39, 0.29) is 11.9 Å². The van der Waals surface area contributed by atoms with Crippen LogP contribution in [0, 0.1) is 11.7 Å². The molecule has 0 saturated heterocycles. The number of halogens is 1. The van der Waals surface area contributed by atoms with Crippen LogP contribution in [0.4, 0.5) is 4.39 Å². The number of aliphatic hydroxyl groups is 1. The van der Waals surface area contributed by atoms with Crippen LogP contribution in [0.3, 0.4) is 0 Å². The minimum absolute atomic E-state index is 0.232. The molecule has 4 heteroatoms. The van der Waals surface area contributed by atoms with Crippen LogP contribution in [-0.4, -0.2) is 24.4 Å². The first-order valence-electron chi connectivity index (χ1n) is 7.05. The molecule has 0 amide bonds. The van der Waals surface area contributed by atoms with E-state index < -0.39 is 5.60 Å². The lowest BCUT2D eigenvalue weighted by molar-refractivity contribution is 0.0361. The molecule has 0 heterocycles. The third-order valence-corrected chi connectivity index (χ3v) is 3.30. The highest BCUT2D eigenvalue weighted by Gasteiger charge is 2.24. The Labute approximate surface area is 121 Å². The number of hydrogen-bond acceptors (Lipinski definition) is 3. The second-order valence-electron chi connectivity index (χ2n) is 6.05. The molecule has 0 aliphatic rings. The number of methoxy groups -OCH3 is 1. The number of nitrogens with one attached hydrogen (secondary N) is 1. The fourth-order valence-electron chi connectivity index (χ4n) is 2.54. The summed E-state index contributed by atoms with van der Waals surface area (Å²) in [6.07, 6.45) is 0.696. The molecule has 1 aromatic carbocycles. The molecule has 1 rings (SSSR count). The van der Waals surface area contributed by atoms with Crippen LogP contribution in [0.15, 0.2) is 18.2 Å². The van der Waals surface area contributed by atoms with Gasteiger partial charge in [-0.2, -0.15) is 0 Å². The van der Waals surface area contributed by atoms with E-state index in [1.165, 1.54) is 13.2 Å². The SMILES string of the molecule is COc1cccc(F)c1C(C)NCC(C)(O)CC(C)C. The zero-order valence-corrected chi connectivity index (χ0v) is 13.0. The monoisotopic (exact) mass is 283 g/mol. The van der Waals surface area contributed by atoms with Crippen LogP contribution in [-0.2, 0) is 0 Å². The molecule has 1 aromatic rings. The summed E-state index contributed by atoms with van der Waals surface area (Å²) in [4.78, 5) is 0. The highest BCUT2D eigenvalue weighted by molar-refractivity contribution is 5.36. The third-order valence-electron chi connectivity index (χ3n) is 3.30. The predicted octanol–water partition coefficient (Wildman–Crippen LogP) is 3.28. The van der Waals surface area contributed by atoms with Crippen LogP contribution in [0.25, 0.3) is 0 Å². The maximum Gasteiger partial charge on any atom is 0.131 e. The van der Waals surface area contributed by atoms with Gasteiger partial charge in [0.25, 0.3) is 0 Å². The van der Waals surface area contributed by atoms with Gasteiger partial charge in [0.2, 0.25) is 0 Å². The molecule has 0 aliphatic heterocycles. The summed E-state index contributed by atoms with van der Waals surface area (Å²) in [6, 6.07) is 4.55. The summed E-state index contributed by atoms with van der Waals surface area (Å²) in [7, 11) is 1.53. The molecular weight excluding hydrogens is 257 g/mol. The van der Waals surface area contributed by atoms with Crippen molar-refractivity contribution in [1.29, 1.82) is 0 Å². The zero-order valence-electron chi connectivity index (χ0n) is 13.0. The largest absolute Gasteiger partial charge is 0.496 e. The average Bonchev–Trinajstić information content (AvgIpc) is 2.34. The summed E-state index contributed by atoms with van der Waals surface area (Å²) < 4.78 is 19.1. The van der Waals surface area contributed by atoms with Crippen LogP contribution in [0.5, 0.6) is 5.75 Å². The van der Waals surface area contributed by atoms with Gasteiger partial charge < -0.3 is 15.2 Å². The molecule has 0 bridgehead atoms. The fraction of sp³-hybridized carbons (Fsp3) is 0.625. The molecule has 0 fully saturated rings. The van der Waals surface area contributed by atoms with Crippen LogP contribution in [0.1, 0.15) is 45.7 Å². The Hall–Kier alpha value is -1.13. The molecular formula is C16H26FNO2. The van der Waals surface area contributed by atoms with Gasteiger partial charge >= 0.3 is 0 Å². The first kappa shape index (κ1) is 16.9. The maximum absolute atomic E-state index is 13.9. The predicted molar refractivity (Wildman–Crippen MR) is 79.4 cm³/mol. The highest BCUT2D eigenvalue weighted by Crippen LogP contribution is 2.28. The van der Waals surface area contributed by atoms with Crippen molar-refractivity contribution in [2.45, 2.75) is 45.8 Å². The van der Waals surface area contributed by atoms with Crippen LogP contribution in [0.2, 0.25) is 0 Å². The Kier molecular flexibility index (Phi) is 5.96. The summed E-state index contributed by atoms with van der Waals surface area (Å²) in [6.45, 7) is 8.21. The molecule has 20 heavy (non-hydrogen) atoms. The quantitative estimate of drug-likeness (QED) is 0.807. The molecule has 114 valence electrons. The number of ether oxygens (including phenoxy) is 1. The van der Waals surface area contributed by atoms with Gasteiger partial charge in [-0.15, -0.1) is 0 Å². The van der Waals surface area contributed by atoms with E-state index >= 15 is 0 Å². The Morgan fingerprint density at radius 3 is 2.55 bits per heavy atom. The van der Waals surface area contributed by atoms with Crippen molar-refractivity contribution in [3.8, 4) is 5.75 Å². The van der Waals surface area contributed by atoms with E-state index in [0.717, 1.165) is 0 Å². The lowest BCUT2D eigenvalue weighted by Crippen LogP contribution is -2.40. The van der Waals surface area contributed by atoms with Gasteiger partial charge in [0.1, 0.15) is 11.6 Å². The van der Waals surface area contributed by atoms with E-state index in [1.54, 1.807) is 19.1 Å². The van der Waals surface area contributed by atoms with E-state index in [2.05, 4.69) is 19.2 Å². The van der Waals surface area contributed by atoms with Crippen molar-refractivity contribution in [2.75, 3.05) is 13.7 Å². The standard InChI is InChI=1S/C16H26FNO2/c1-11(2)9-16(4,19)10-18-12(3)15-13(17)7-6-8-14(15)20-5/h6-8,11-12,18-19H,9-10H2,1-5H3. The molecule has 0 spiro atoms. The third kappa shape index (κ3) is 4.76. The van der Waals surface area contributed by atoms with Crippen molar-refractivity contribution in [1.82, 2.24) is 5.32 Å². The van der Waals surface area contributed by atoms with Gasteiger partial charge in [0, 0.05) is 18.2 Å². The first-order chi connectivity index (χ1) is 9.26. The van der Waals surface area contributed by atoms with Crippen molar-refractivity contribution < 1.29 is 14.2 Å². The van der Waals surface area contributed by atoms with Crippen molar-refractivity contribution in [3.63, 3.8) is 0 Å². The average molecular weight is 283 g/mol. The minimum Gasteiger partial charge on any atom is -0.496 e. The van der Waals surface area contributed by atoms with Gasteiger partial charge in [0.15, 0.2) is 0 Å². The normalized spacial score (nSPS) is 16.0. The fourth-order valence-corrected chi connectivity index (χ4v) is 2.54.